The molecule has 1 atom stereocenters. The molecule has 2 aromatic rings. The van der Waals surface area contributed by atoms with Gasteiger partial charge in [-0.05, 0) is 54.8 Å². The molecule has 7 heteroatoms. The Kier molecular flexibility index (Phi) is 7.08. The molecule has 1 saturated heterocycles. The van der Waals surface area contributed by atoms with E-state index in [0.29, 0.717) is 24.4 Å². The molecule has 3 rings (SSSR count). The van der Waals surface area contributed by atoms with Crippen molar-refractivity contribution in [3.63, 3.8) is 0 Å². The van der Waals surface area contributed by atoms with E-state index in [4.69, 9.17) is 19.9 Å². The van der Waals surface area contributed by atoms with Crippen molar-refractivity contribution in [2.24, 2.45) is 5.73 Å². The normalized spacial score (nSPS) is 15.7. The summed E-state index contributed by atoms with van der Waals surface area (Å²) >= 11 is 0. The lowest BCUT2D eigenvalue weighted by Crippen LogP contribution is -2.39. The summed E-state index contributed by atoms with van der Waals surface area (Å²) in [5, 5.41) is 0. The minimum Gasteiger partial charge on any atom is -0.497 e. The Hall–Kier alpha value is -3.06. The monoisotopic (exact) mass is 398 g/mol. The van der Waals surface area contributed by atoms with Gasteiger partial charge in [-0.3, -0.25) is 9.59 Å². The number of ether oxygens (including phenoxy) is 3. The van der Waals surface area contributed by atoms with Crippen LogP contribution in [0.25, 0.3) is 0 Å². The van der Waals surface area contributed by atoms with Gasteiger partial charge >= 0.3 is 0 Å². The fourth-order valence-corrected chi connectivity index (χ4v) is 3.23. The number of primary amides is 1. The van der Waals surface area contributed by atoms with E-state index in [1.54, 1.807) is 36.3 Å². The molecule has 7 nitrogen and oxygen atoms in total. The molecule has 2 N–H and O–H groups in total. The molecular formula is C22H26N2O5. The average molecular weight is 398 g/mol. The van der Waals surface area contributed by atoms with Gasteiger partial charge in [-0.25, -0.2) is 0 Å². The van der Waals surface area contributed by atoms with Gasteiger partial charge in [0.05, 0.1) is 13.2 Å². The van der Waals surface area contributed by atoms with Crippen molar-refractivity contribution in [2.75, 3.05) is 26.9 Å². The van der Waals surface area contributed by atoms with Crippen LogP contribution in [-0.2, 0) is 16.1 Å². The van der Waals surface area contributed by atoms with E-state index in [2.05, 4.69) is 0 Å². The van der Waals surface area contributed by atoms with E-state index in [-0.39, 0.29) is 18.6 Å². The third kappa shape index (κ3) is 5.96. The predicted molar refractivity (Wildman–Crippen MR) is 108 cm³/mol. The Morgan fingerprint density at radius 3 is 2.62 bits per heavy atom. The molecule has 0 spiro atoms. The van der Waals surface area contributed by atoms with Gasteiger partial charge in [-0.2, -0.15) is 0 Å². The lowest BCUT2D eigenvalue weighted by Gasteiger charge is -2.26. The van der Waals surface area contributed by atoms with Crippen LogP contribution < -0.4 is 15.2 Å². The molecule has 1 heterocycles. The van der Waals surface area contributed by atoms with Crippen molar-refractivity contribution >= 4 is 11.8 Å². The third-order valence-corrected chi connectivity index (χ3v) is 4.81. The highest BCUT2D eigenvalue weighted by molar-refractivity contribution is 5.92. The van der Waals surface area contributed by atoms with Crippen molar-refractivity contribution in [1.29, 1.82) is 0 Å². The summed E-state index contributed by atoms with van der Waals surface area (Å²) < 4.78 is 16.6. The van der Waals surface area contributed by atoms with Crippen LogP contribution in [0.2, 0.25) is 0 Å². The molecule has 0 aliphatic carbocycles. The van der Waals surface area contributed by atoms with E-state index in [0.717, 1.165) is 30.8 Å². The molecule has 29 heavy (non-hydrogen) atoms. The van der Waals surface area contributed by atoms with Gasteiger partial charge in [0.25, 0.3) is 5.91 Å². The van der Waals surface area contributed by atoms with E-state index >= 15 is 0 Å². The number of methoxy groups -OCH3 is 1. The van der Waals surface area contributed by atoms with E-state index in [1.807, 2.05) is 24.3 Å². The summed E-state index contributed by atoms with van der Waals surface area (Å²) in [6.07, 6.45) is 1.99. The van der Waals surface area contributed by atoms with Crippen molar-refractivity contribution in [2.45, 2.75) is 25.5 Å². The Morgan fingerprint density at radius 1 is 1.17 bits per heavy atom. The van der Waals surface area contributed by atoms with Crippen molar-refractivity contribution in [3.05, 3.63) is 59.7 Å². The fraction of sp³-hybridized carbons (Fsp3) is 0.364. The Morgan fingerprint density at radius 2 is 1.97 bits per heavy atom. The lowest BCUT2D eigenvalue weighted by molar-refractivity contribution is -0.135. The molecule has 0 radical (unpaired) electrons. The molecule has 2 aromatic carbocycles. The van der Waals surface area contributed by atoms with Gasteiger partial charge in [0, 0.05) is 25.3 Å². The standard InChI is InChI=1S/C22H26N2O5/c1-27-19-5-2-4-16(12-19)13-24(14-20-6-3-11-28-20)21(25)15-29-18-9-7-17(8-10-18)22(23)26/h2,4-5,7-10,12,20H,3,6,11,13-15H2,1H3,(H2,23,26). The summed E-state index contributed by atoms with van der Waals surface area (Å²) in [6, 6.07) is 14.0. The number of carbonyl (C=O) groups excluding carboxylic acids is 2. The molecule has 0 bridgehead atoms. The Bertz CT molecular complexity index is 831. The predicted octanol–water partition coefficient (Wildman–Crippen LogP) is 2.38. The van der Waals surface area contributed by atoms with Gasteiger partial charge in [-0.15, -0.1) is 0 Å². The molecule has 0 saturated carbocycles. The molecular weight excluding hydrogens is 372 g/mol. The van der Waals surface area contributed by atoms with Gasteiger partial charge < -0.3 is 24.8 Å². The molecule has 1 unspecified atom stereocenters. The first kappa shape index (κ1) is 20.7. The maximum absolute atomic E-state index is 12.9. The van der Waals surface area contributed by atoms with Gasteiger partial charge in [0.1, 0.15) is 11.5 Å². The third-order valence-electron chi connectivity index (χ3n) is 4.81. The van der Waals surface area contributed by atoms with Gasteiger partial charge in [0.15, 0.2) is 6.61 Å². The summed E-state index contributed by atoms with van der Waals surface area (Å²) in [5.74, 6) is 0.607. The molecule has 154 valence electrons. The SMILES string of the molecule is COc1cccc(CN(CC2CCCO2)C(=O)COc2ccc(C(N)=O)cc2)c1. The fourth-order valence-electron chi connectivity index (χ4n) is 3.23. The van der Waals surface area contributed by atoms with Crippen molar-refractivity contribution < 1.29 is 23.8 Å². The van der Waals surface area contributed by atoms with E-state index < -0.39 is 5.91 Å². The smallest absolute Gasteiger partial charge is 0.260 e. The van der Waals surface area contributed by atoms with Gasteiger partial charge in [-0.1, -0.05) is 12.1 Å². The number of nitrogens with zero attached hydrogens (tertiary/aromatic N) is 1. The van der Waals surface area contributed by atoms with Gasteiger partial charge in [0.2, 0.25) is 5.91 Å². The quantitative estimate of drug-likeness (QED) is 0.700. The number of hydrogen-bond donors (Lipinski definition) is 1. The van der Waals surface area contributed by atoms with E-state index in [1.165, 1.54) is 0 Å². The largest absolute Gasteiger partial charge is 0.497 e. The molecule has 1 fully saturated rings. The zero-order chi connectivity index (χ0) is 20.6. The molecule has 0 aromatic heterocycles. The second-order valence-electron chi connectivity index (χ2n) is 6.94. The topological polar surface area (TPSA) is 91.1 Å². The second-order valence-corrected chi connectivity index (χ2v) is 6.94. The van der Waals surface area contributed by atoms with Crippen LogP contribution in [0, 0.1) is 0 Å². The summed E-state index contributed by atoms with van der Waals surface area (Å²) in [5.41, 5.74) is 6.60. The summed E-state index contributed by atoms with van der Waals surface area (Å²) in [6.45, 7) is 1.58. The lowest BCUT2D eigenvalue weighted by atomic mass is 10.1. The number of hydrogen-bond acceptors (Lipinski definition) is 5. The molecule has 1 aliphatic heterocycles. The summed E-state index contributed by atoms with van der Waals surface area (Å²) in [7, 11) is 1.62. The first-order valence-electron chi connectivity index (χ1n) is 9.60. The second kappa shape index (κ2) is 9.93. The molecule has 2 amide bonds. The van der Waals surface area contributed by atoms with Crippen LogP contribution in [0.1, 0.15) is 28.8 Å². The highest BCUT2D eigenvalue weighted by atomic mass is 16.5. The van der Waals surface area contributed by atoms with Crippen LogP contribution in [-0.4, -0.2) is 49.7 Å². The average Bonchev–Trinajstić information content (AvgIpc) is 3.25. The maximum atomic E-state index is 12.9. The first-order valence-corrected chi connectivity index (χ1v) is 9.60. The van der Waals surface area contributed by atoms with Crippen LogP contribution in [0.15, 0.2) is 48.5 Å². The number of amides is 2. The minimum absolute atomic E-state index is 0.0411. The van der Waals surface area contributed by atoms with Crippen molar-refractivity contribution in [3.8, 4) is 11.5 Å². The van der Waals surface area contributed by atoms with Crippen molar-refractivity contribution in [1.82, 2.24) is 4.90 Å². The van der Waals surface area contributed by atoms with Crippen LogP contribution >= 0.6 is 0 Å². The number of benzene rings is 2. The Labute approximate surface area is 170 Å². The van der Waals surface area contributed by atoms with Crippen LogP contribution in [0.5, 0.6) is 11.5 Å². The number of carbonyl (C=O) groups is 2. The number of rotatable bonds is 9. The van der Waals surface area contributed by atoms with Crippen LogP contribution in [0.3, 0.4) is 0 Å². The summed E-state index contributed by atoms with van der Waals surface area (Å²) in [4.78, 5) is 25.8. The highest BCUT2D eigenvalue weighted by Gasteiger charge is 2.23. The number of nitrogens with two attached hydrogens (primary N) is 1. The van der Waals surface area contributed by atoms with E-state index in [9.17, 15) is 9.59 Å². The Balaban J connectivity index is 1.65. The first-order chi connectivity index (χ1) is 14.0. The minimum atomic E-state index is -0.506. The zero-order valence-corrected chi connectivity index (χ0v) is 16.5. The molecule has 1 aliphatic rings. The zero-order valence-electron chi connectivity index (χ0n) is 16.5. The van der Waals surface area contributed by atoms with Crippen LogP contribution in [0.4, 0.5) is 0 Å². The highest BCUT2D eigenvalue weighted by Crippen LogP contribution is 2.18. The maximum Gasteiger partial charge on any atom is 0.260 e.